The van der Waals surface area contributed by atoms with E-state index < -0.39 is 5.92 Å². The summed E-state index contributed by atoms with van der Waals surface area (Å²) in [5.41, 5.74) is 3.76. The number of nitrogens with one attached hydrogen (secondary N) is 3. The molecule has 3 N–H and O–H groups in total. The van der Waals surface area contributed by atoms with Gasteiger partial charge in [-0.15, -0.1) is 0 Å². The Bertz CT molecular complexity index is 1310. The van der Waals surface area contributed by atoms with Crippen LogP contribution in [0.4, 0.5) is 0 Å². The third-order valence-electron chi connectivity index (χ3n) is 7.42. The number of aryl methyl sites for hydroxylation is 1. The average molecular weight is 485 g/mol. The number of amides is 1. The lowest BCUT2D eigenvalue weighted by Gasteiger charge is -2.36. The van der Waals surface area contributed by atoms with E-state index in [0.717, 1.165) is 74.2 Å². The molecule has 3 aliphatic heterocycles. The summed E-state index contributed by atoms with van der Waals surface area (Å²) in [7, 11) is 0. The standard InChI is InChI=1S/C27H32N8O/c1-17-15-23(34-33-17)19-10-13-35(14-11-19)27-31-25(29-20-6-4-12-28-16-20)24(26(36)32-27)22-9-8-18-5-2-3-7-21(18)30-22/h2-3,5,7-9,15,19-20,24,28H,4,6,10-14,16H2,1H3,(H,33,34)(H,29,31,32,36)/t20-,24?/m1/s1. The fourth-order valence-electron chi connectivity index (χ4n) is 5.43. The Kier molecular flexibility index (Phi) is 6.23. The van der Waals surface area contributed by atoms with E-state index in [9.17, 15) is 4.79 Å². The van der Waals surface area contributed by atoms with Crippen LogP contribution in [0.15, 0.2) is 52.4 Å². The Morgan fingerprint density at radius 1 is 1.06 bits per heavy atom. The van der Waals surface area contributed by atoms with E-state index in [0.29, 0.717) is 23.4 Å². The molecule has 1 aromatic carbocycles. The number of carbonyl (C=O) groups excluding carboxylic acids is 1. The predicted molar refractivity (Wildman–Crippen MR) is 140 cm³/mol. The average Bonchev–Trinajstić information content (AvgIpc) is 3.35. The van der Waals surface area contributed by atoms with Crippen molar-refractivity contribution >= 4 is 28.6 Å². The third kappa shape index (κ3) is 4.63. The lowest BCUT2D eigenvalue weighted by Crippen LogP contribution is -2.53. The number of fused-ring (bicyclic) bond motifs is 1. The number of benzene rings is 1. The van der Waals surface area contributed by atoms with Gasteiger partial charge in [0.05, 0.1) is 22.9 Å². The van der Waals surface area contributed by atoms with Crippen molar-refractivity contribution in [2.75, 3.05) is 26.2 Å². The second kappa shape index (κ2) is 9.81. The van der Waals surface area contributed by atoms with Gasteiger partial charge >= 0.3 is 0 Å². The van der Waals surface area contributed by atoms with Gasteiger partial charge in [-0.3, -0.25) is 25.2 Å². The topological polar surface area (TPSA) is 111 Å². The molecular weight excluding hydrogens is 452 g/mol. The van der Waals surface area contributed by atoms with Crippen LogP contribution in [0.1, 0.15) is 54.6 Å². The molecule has 2 fully saturated rings. The predicted octanol–water partition coefficient (Wildman–Crippen LogP) is 2.87. The van der Waals surface area contributed by atoms with Crippen LogP contribution in [0.2, 0.25) is 0 Å². The van der Waals surface area contributed by atoms with Crippen molar-refractivity contribution in [3.63, 3.8) is 0 Å². The van der Waals surface area contributed by atoms with E-state index in [-0.39, 0.29) is 11.9 Å². The van der Waals surface area contributed by atoms with E-state index in [1.54, 1.807) is 0 Å². The second-order valence-electron chi connectivity index (χ2n) is 10.0. The highest BCUT2D eigenvalue weighted by Gasteiger charge is 2.36. The van der Waals surface area contributed by atoms with Crippen LogP contribution in [0.3, 0.4) is 0 Å². The largest absolute Gasteiger partial charge is 0.342 e. The van der Waals surface area contributed by atoms with Crippen molar-refractivity contribution < 1.29 is 4.79 Å². The quantitative estimate of drug-likeness (QED) is 0.530. The molecule has 2 saturated heterocycles. The molecule has 0 spiro atoms. The molecule has 1 amide bonds. The summed E-state index contributed by atoms with van der Waals surface area (Å²) in [6.45, 7) is 5.47. The van der Waals surface area contributed by atoms with Gasteiger partial charge in [0.1, 0.15) is 11.8 Å². The number of aliphatic imine (C=N–C) groups is 2. The van der Waals surface area contributed by atoms with Gasteiger partial charge in [0.25, 0.3) is 0 Å². The fourth-order valence-corrected chi connectivity index (χ4v) is 5.43. The number of amidine groups is 1. The number of nitrogens with zero attached hydrogens (tertiary/aromatic N) is 5. The van der Waals surface area contributed by atoms with Crippen molar-refractivity contribution in [3.8, 4) is 0 Å². The second-order valence-corrected chi connectivity index (χ2v) is 10.0. The van der Waals surface area contributed by atoms with Crippen LogP contribution in [0.5, 0.6) is 0 Å². The van der Waals surface area contributed by atoms with E-state index in [2.05, 4.69) is 31.8 Å². The maximum absolute atomic E-state index is 13.6. The van der Waals surface area contributed by atoms with Crippen molar-refractivity contribution in [1.82, 2.24) is 30.7 Å². The number of carbonyl (C=O) groups is 1. The minimum Gasteiger partial charge on any atom is -0.342 e. The Labute approximate surface area is 210 Å². The molecule has 2 atom stereocenters. The first kappa shape index (κ1) is 22.8. The van der Waals surface area contributed by atoms with Gasteiger partial charge in [-0.2, -0.15) is 10.1 Å². The molecule has 0 bridgehead atoms. The van der Waals surface area contributed by atoms with Gasteiger partial charge in [0.2, 0.25) is 11.9 Å². The normalized spacial score (nSPS) is 24.7. The maximum Gasteiger partial charge on any atom is 0.243 e. The number of guanidine groups is 1. The minimum absolute atomic E-state index is 0.112. The van der Waals surface area contributed by atoms with Crippen molar-refractivity contribution in [3.05, 3.63) is 59.5 Å². The van der Waals surface area contributed by atoms with Gasteiger partial charge in [0, 0.05) is 36.6 Å². The summed E-state index contributed by atoms with van der Waals surface area (Å²) >= 11 is 0. The number of aromatic amines is 1. The number of hydrogen-bond donors (Lipinski definition) is 3. The molecule has 0 saturated carbocycles. The monoisotopic (exact) mass is 484 g/mol. The molecule has 5 heterocycles. The van der Waals surface area contributed by atoms with Crippen molar-refractivity contribution in [1.29, 1.82) is 0 Å². The van der Waals surface area contributed by atoms with Crippen molar-refractivity contribution in [2.45, 2.75) is 50.5 Å². The van der Waals surface area contributed by atoms with Crippen LogP contribution in [-0.4, -0.2) is 70.0 Å². The Hall–Kier alpha value is -3.59. The fraction of sp³-hybridized carbons (Fsp3) is 0.444. The van der Waals surface area contributed by atoms with Gasteiger partial charge in [-0.1, -0.05) is 24.3 Å². The van der Waals surface area contributed by atoms with Gasteiger partial charge in [0.15, 0.2) is 0 Å². The molecule has 3 aromatic rings. The molecule has 1 unspecified atom stereocenters. The summed E-state index contributed by atoms with van der Waals surface area (Å²) in [6, 6.07) is 14.1. The first-order chi connectivity index (χ1) is 17.6. The van der Waals surface area contributed by atoms with E-state index >= 15 is 0 Å². The van der Waals surface area contributed by atoms with E-state index in [1.807, 2.05) is 43.3 Å². The summed E-state index contributed by atoms with van der Waals surface area (Å²) in [4.78, 5) is 30.5. The molecule has 0 radical (unpaired) electrons. The molecule has 2 aromatic heterocycles. The number of likely N-dealkylation sites (tertiary alicyclic amines) is 1. The molecule has 186 valence electrons. The van der Waals surface area contributed by atoms with Crippen LogP contribution in [0.25, 0.3) is 10.9 Å². The Morgan fingerprint density at radius 2 is 1.92 bits per heavy atom. The molecule has 9 nitrogen and oxygen atoms in total. The zero-order valence-electron chi connectivity index (χ0n) is 20.6. The highest BCUT2D eigenvalue weighted by molar-refractivity contribution is 6.20. The number of aromatic nitrogens is 3. The summed E-state index contributed by atoms with van der Waals surface area (Å²) in [5.74, 6) is 0.855. The van der Waals surface area contributed by atoms with Crippen LogP contribution in [-0.2, 0) is 4.79 Å². The summed E-state index contributed by atoms with van der Waals surface area (Å²) < 4.78 is 0. The summed E-state index contributed by atoms with van der Waals surface area (Å²) in [6.07, 6.45) is 4.00. The summed E-state index contributed by atoms with van der Waals surface area (Å²) in [5, 5.41) is 15.1. The number of piperidine rings is 2. The van der Waals surface area contributed by atoms with E-state index in [4.69, 9.17) is 15.0 Å². The Balaban J connectivity index is 1.29. The highest BCUT2D eigenvalue weighted by Crippen LogP contribution is 2.29. The minimum atomic E-state index is -0.621. The zero-order valence-corrected chi connectivity index (χ0v) is 20.6. The SMILES string of the molecule is Cc1cc(C2CCN(C3=NC(=N[C@@H]4CCCNC4)C(c4ccc5ccccc5n4)C(=O)N3)CC2)n[nH]1. The smallest absolute Gasteiger partial charge is 0.243 e. The molecule has 36 heavy (non-hydrogen) atoms. The molecular formula is C27H32N8O. The lowest BCUT2D eigenvalue weighted by atomic mass is 9.93. The maximum atomic E-state index is 13.6. The zero-order chi connectivity index (χ0) is 24.5. The van der Waals surface area contributed by atoms with Gasteiger partial charge in [-0.25, -0.2) is 0 Å². The molecule has 0 aliphatic carbocycles. The first-order valence-electron chi connectivity index (χ1n) is 12.9. The number of pyridine rings is 1. The van der Waals surface area contributed by atoms with Crippen LogP contribution >= 0.6 is 0 Å². The number of rotatable bonds is 3. The third-order valence-corrected chi connectivity index (χ3v) is 7.42. The van der Waals surface area contributed by atoms with Crippen LogP contribution < -0.4 is 10.6 Å². The van der Waals surface area contributed by atoms with Crippen LogP contribution in [0, 0.1) is 6.92 Å². The molecule has 3 aliphatic rings. The first-order valence-corrected chi connectivity index (χ1v) is 12.9. The number of hydrogen-bond acceptors (Lipinski definition) is 6. The van der Waals surface area contributed by atoms with E-state index in [1.165, 1.54) is 0 Å². The number of H-pyrrole nitrogens is 1. The highest BCUT2D eigenvalue weighted by atomic mass is 16.2. The molecule has 9 heteroatoms. The number of para-hydroxylation sites is 1. The van der Waals surface area contributed by atoms with Gasteiger partial charge in [-0.05, 0) is 57.4 Å². The Morgan fingerprint density at radius 3 is 2.69 bits per heavy atom. The van der Waals surface area contributed by atoms with Crippen molar-refractivity contribution in [2.24, 2.45) is 9.98 Å². The lowest BCUT2D eigenvalue weighted by molar-refractivity contribution is -0.120. The molecule has 6 rings (SSSR count). The van der Waals surface area contributed by atoms with Gasteiger partial charge < -0.3 is 10.2 Å².